The Labute approximate surface area is 173 Å². The van der Waals surface area contributed by atoms with Gasteiger partial charge in [-0.1, -0.05) is 30.3 Å². The van der Waals surface area contributed by atoms with Gasteiger partial charge in [-0.2, -0.15) is 4.89 Å². The molecule has 0 fully saturated rings. The smallest absolute Gasteiger partial charge is 0.347 e. The van der Waals surface area contributed by atoms with Crippen LogP contribution in [0, 0.1) is 5.41 Å². The molecule has 0 amide bonds. The van der Waals surface area contributed by atoms with E-state index in [-0.39, 0.29) is 12.3 Å². The van der Waals surface area contributed by atoms with Crippen molar-refractivity contribution in [3.8, 4) is 11.5 Å². The Kier molecular flexibility index (Phi) is 6.37. The summed E-state index contributed by atoms with van der Waals surface area (Å²) in [5.41, 5.74) is 0.382. The highest BCUT2D eigenvalue weighted by atomic mass is 17.2. The van der Waals surface area contributed by atoms with Crippen LogP contribution in [0.3, 0.4) is 0 Å². The van der Waals surface area contributed by atoms with E-state index in [0.717, 1.165) is 5.56 Å². The zero-order valence-corrected chi connectivity index (χ0v) is 17.4. The molecule has 0 N–H and O–H groups in total. The summed E-state index contributed by atoms with van der Waals surface area (Å²) < 4.78 is 12.4. The zero-order valence-electron chi connectivity index (χ0n) is 17.4. The Morgan fingerprint density at radius 1 is 1.10 bits per heavy atom. The summed E-state index contributed by atoms with van der Waals surface area (Å²) in [6, 6.07) is 12.9. The molecule has 1 heterocycles. The molecule has 0 radical (unpaired) electrons. The fraction of sp³-hybridized carbons (Fsp3) is 0.318. The number of aromatic nitrogens is 2. The van der Waals surface area contributed by atoms with Crippen molar-refractivity contribution in [3.05, 3.63) is 64.7 Å². The van der Waals surface area contributed by atoms with E-state index in [1.54, 1.807) is 32.9 Å². The lowest BCUT2D eigenvalue weighted by Crippen LogP contribution is -2.26. The molecule has 0 spiro atoms. The van der Waals surface area contributed by atoms with E-state index in [1.807, 2.05) is 30.3 Å². The maximum absolute atomic E-state index is 12.8. The number of benzene rings is 2. The van der Waals surface area contributed by atoms with Crippen LogP contribution < -0.4 is 15.0 Å². The van der Waals surface area contributed by atoms with Gasteiger partial charge in [0.15, 0.2) is 18.2 Å². The average Bonchev–Trinajstić information content (AvgIpc) is 2.73. The maximum Gasteiger partial charge on any atom is 0.347 e. The molecule has 0 saturated carbocycles. The molecule has 0 atom stereocenters. The summed E-state index contributed by atoms with van der Waals surface area (Å²) in [5, 5.41) is 0.326. The first-order valence-corrected chi connectivity index (χ1v) is 9.37. The normalized spacial score (nSPS) is 11.3. The van der Waals surface area contributed by atoms with Gasteiger partial charge in [0.1, 0.15) is 12.9 Å². The Morgan fingerprint density at radius 2 is 1.83 bits per heavy atom. The maximum atomic E-state index is 12.8. The molecule has 3 aromatic rings. The molecule has 0 saturated heterocycles. The second-order valence-electron chi connectivity index (χ2n) is 7.68. The summed E-state index contributed by atoms with van der Waals surface area (Å²) in [6.07, 6.45) is 1.32. The van der Waals surface area contributed by atoms with Crippen LogP contribution in [-0.2, 0) is 27.9 Å². The molecule has 0 unspecified atom stereocenters. The van der Waals surface area contributed by atoms with Gasteiger partial charge in [0.2, 0.25) is 0 Å². The lowest BCUT2D eigenvalue weighted by atomic mass is 9.98. The van der Waals surface area contributed by atoms with Gasteiger partial charge in [0, 0.05) is 6.07 Å². The van der Waals surface area contributed by atoms with Crippen molar-refractivity contribution in [2.24, 2.45) is 5.41 Å². The van der Waals surface area contributed by atoms with E-state index < -0.39 is 11.4 Å². The molecule has 8 heteroatoms. The monoisotopic (exact) mass is 412 g/mol. The third-order valence-electron chi connectivity index (χ3n) is 4.29. The standard InChI is InChI=1S/C22H24N2O6/c1-22(2,3)21(26)30-29-14-24-13-23-17-11-19(18(27-4)10-16(17)20(24)25)28-12-15-8-6-5-7-9-15/h5-11,13H,12,14H2,1-4H3. The molecule has 0 aliphatic carbocycles. The summed E-state index contributed by atoms with van der Waals surface area (Å²) in [4.78, 5) is 38.5. The quantitative estimate of drug-likeness (QED) is 0.434. The fourth-order valence-corrected chi connectivity index (χ4v) is 2.53. The Morgan fingerprint density at radius 3 is 2.50 bits per heavy atom. The largest absolute Gasteiger partial charge is 0.493 e. The van der Waals surface area contributed by atoms with Gasteiger partial charge in [0.25, 0.3) is 5.56 Å². The number of carbonyl (C=O) groups excluding carboxylic acids is 1. The third kappa shape index (κ3) is 4.96. The summed E-state index contributed by atoms with van der Waals surface area (Å²) >= 11 is 0. The Balaban J connectivity index is 1.79. The zero-order chi connectivity index (χ0) is 21.7. The second-order valence-corrected chi connectivity index (χ2v) is 7.68. The molecule has 3 rings (SSSR count). The minimum Gasteiger partial charge on any atom is -0.493 e. The molecule has 8 nitrogen and oxygen atoms in total. The van der Waals surface area contributed by atoms with Crippen molar-refractivity contribution in [2.75, 3.05) is 7.11 Å². The summed E-state index contributed by atoms with van der Waals surface area (Å²) in [6.45, 7) is 5.18. The number of hydrogen-bond donors (Lipinski definition) is 0. The number of fused-ring (bicyclic) bond motifs is 1. The lowest BCUT2D eigenvalue weighted by Gasteiger charge is -2.15. The van der Waals surface area contributed by atoms with Gasteiger partial charge in [0.05, 0.1) is 23.4 Å². The van der Waals surface area contributed by atoms with Gasteiger partial charge < -0.3 is 9.47 Å². The molecule has 0 aliphatic heterocycles. The fourth-order valence-electron chi connectivity index (χ4n) is 2.53. The predicted octanol–water partition coefficient (Wildman–Crippen LogP) is 3.46. The van der Waals surface area contributed by atoms with E-state index in [9.17, 15) is 9.59 Å². The number of carbonyl (C=O) groups is 1. The van der Waals surface area contributed by atoms with Crippen molar-refractivity contribution in [1.29, 1.82) is 0 Å². The van der Waals surface area contributed by atoms with E-state index in [0.29, 0.717) is 29.0 Å². The number of methoxy groups -OCH3 is 1. The van der Waals surface area contributed by atoms with Gasteiger partial charge in [-0.25, -0.2) is 9.78 Å². The topological polar surface area (TPSA) is 88.9 Å². The van der Waals surface area contributed by atoms with Gasteiger partial charge in [-0.3, -0.25) is 14.2 Å². The lowest BCUT2D eigenvalue weighted by molar-refractivity contribution is -0.298. The second kappa shape index (κ2) is 8.96. The first-order chi connectivity index (χ1) is 14.3. The van der Waals surface area contributed by atoms with Crippen molar-refractivity contribution >= 4 is 16.9 Å². The van der Waals surface area contributed by atoms with Crippen molar-refractivity contribution in [2.45, 2.75) is 34.1 Å². The Hall–Kier alpha value is -3.39. The molecule has 158 valence electrons. The van der Waals surface area contributed by atoms with Crippen LogP contribution >= 0.6 is 0 Å². The molecular formula is C22H24N2O6. The number of hydrogen-bond acceptors (Lipinski definition) is 7. The average molecular weight is 412 g/mol. The minimum atomic E-state index is -0.712. The highest BCUT2D eigenvalue weighted by molar-refractivity contribution is 5.81. The summed E-state index contributed by atoms with van der Waals surface area (Å²) in [5.74, 6) is 0.357. The summed E-state index contributed by atoms with van der Waals surface area (Å²) in [7, 11) is 1.50. The molecule has 0 aliphatic rings. The van der Waals surface area contributed by atoms with Gasteiger partial charge >= 0.3 is 5.97 Å². The number of nitrogens with zero attached hydrogens (tertiary/aromatic N) is 2. The van der Waals surface area contributed by atoms with Crippen molar-refractivity contribution in [1.82, 2.24) is 9.55 Å². The molecule has 0 bridgehead atoms. The van der Waals surface area contributed by atoms with Crippen LogP contribution in [-0.4, -0.2) is 22.6 Å². The number of rotatable bonds is 7. The predicted molar refractivity (Wildman–Crippen MR) is 110 cm³/mol. The Bertz CT molecular complexity index is 1090. The molecular weight excluding hydrogens is 388 g/mol. The van der Waals surface area contributed by atoms with Crippen LogP contribution in [0.5, 0.6) is 11.5 Å². The van der Waals surface area contributed by atoms with Gasteiger partial charge in [-0.15, -0.1) is 0 Å². The first-order valence-electron chi connectivity index (χ1n) is 9.37. The highest BCUT2D eigenvalue weighted by Crippen LogP contribution is 2.31. The molecule has 30 heavy (non-hydrogen) atoms. The first kappa shape index (κ1) is 21.3. The van der Waals surface area contributed by atoms with Gasteiger partial charge in [-0.05, 0) is 32.4 Å². The number of ether oxygens (including phenoxy) is 2. The van der Waals surface area contributed by atoms with E-state index in [2.05, 4.69) is 4.98 Å². The van der Waals surface area contributed by atoms with E-state index >= 15 is 0 Å². The minimum absolute atomic E-state index is 0.280. The van der Waals surface area contributed by atoms with E-state index in [1.165, 1.54) is 18.0 Å². The van der Waals surface area contributed by atoms with Crippen LogP contribution in [0.15, 0.2) is 53.6 Å². The molecule has 2 aromatic carbocycles. The van der Waals surface area contributed by atoms with E-state index in [4.69, 9.17) is 19.2 Å². The van der Waals surface area contributed by atoms with Crippen LogP contribution in [0.1, 0.15) is 26.3 Å². The third-order valence-corrected chi connectivity index (χ3v) is 4.29. The van der Waals surface area contributed by atoms with Crippen LogP contribution in [0.2, 0.25) is 0 Å². The van der Waals surface area contributed by atoms with Crippen LogP contribution in [0.25, 0.3) is 10.9 Å². The highest BCUT2D eigenvalue weighted by Gasteiger charge is 2.24. The van der Waals surface area contributed by atoms with Crippen molar-refractivity contribution < 1.29 is 24.0 Å². The van der Waals surface area contributed by atoms with Crippen molar-refractivity contribution in [3.63, 3.8) is 0 Å². The molecule has 1 aromatic heterocycles. The van der Waals surface area contributed by atoms with Crippen LogP contribution in [0.4, 0.5) is 0 Å². The SMILES string of the molecule is COc1cc2c(=O)n(COOC(=O)C(C)(C)C)cnc2cc1OCc1ccccc1.